The van der Waals surface area contributed by atoms with Crippen molar-refractivity contribution < 1.29 is 18.0 Å². The molecule has 0 atom stereocenters. The van der Waals surface area contributed by atoms with Crippen LogP contribution in [0.4, 0.5) is 5.69 Å². The standard InChI is InChI=1S/C20H25N3O4S/c1-4-5-13-21-20(25)17-11-6-7-12-18(17)22-19(24)15-9-8-10-16(14-15)28(26,27)23(2)3/h6-12,14H,4-5,13H2,1-3H3,(H,21,25)(H,22,24). The zero-order valence-electron chi connectivity index (χ0n) is 16.2. The average Bonchev–Trinajstić information content (AvgIpc) is 2.68. The van der Waals surface area contributed by atoms with Crippen molar-refractivity contribution in [3.05, 3.63) is 59.7 Å². The second-order valence-corrected chi connectivity index (χ2v) is 8.58. The molecule has 0 fully saturated rings. The molecule has 2 rings (SSSR count). The Morgan fingerprint density at radius 3 is 2.39 bits per heavy atom. The first kappa shape index (κ1) is 21.6. The highest BCUT2D eigenvalue weighted by atomic mass is 32.2. The Morgan fingerprint density at radius 1 is 1.00 bits per heavy atom. The molecule has 2 amide bonds. The van der Waals surface area contributed by atoms with Gasteiger partial charge in [0.1, 0.15) is 0 Å². The van der Waals surface area contributed by atoms with Gasteiger partial charge in [0.2, 0.25) is 10.0 Å². The number of rotatable bonds is 8. The largest absolute Gasteiger partial charge is 0.352 e. The Hall–Kier alpha value is -2.71. The summed E-state index contributed by atoms with van der Waals surface area (Å²) in [5.41, 5.74) is 0.899. The van der Waals surface area contributed by atoms with Crippen molar-refractivity contribution in [3.8, 4) is 0 Å². The number of sulfonamides is 1. The number of carbonyl (C=O) groups is 2. The van der Waals surface area contributed by atoms with Gasteiger partial charge in [0, 0.05) is 26.2 Å². The Labute approximate surface area is 165 Å². The summed E-state index contributed by atoms with van der Waals surface area (Å²) in [7, 11) is -0.799. The molecule has 150 valence electrons. The zero-order valence-corrected chi connectivity index (χ0v) is 17.0. The molecule has 0 aromatic heterocycles. The number of amides is 2. The molecule has 0 saturated carbocycles. The van der Waals surface area contributed by atoms with E-state index in [4.69, 9.17) is 0 Å². The van der Waals surface area contributed by atoms with Gasteiger partial charge in [-0.25, -0.2) is 12.7 Å². The van der Waals surface area contributed by atoms with Gasteiger partial charge in [-0.3, -0.25) is 9.59 Å². The first-order valence-electron chi connectivity index (χ1n) is 8.98. The average molecular weight is 404 g/mol. The first-order chi connectivity index (χ1) is 13.3. The number of benzene rings is 2. The van der Waals surface area contributed by atoms with Crippen LogP contribution in [-0.2, 0) is 10.0 Å². The van der Waals surface area contributed by atoms with Gasteiger partial charge in [-0.1, -0.05) is 31.5 Å². The molecular formula is C20H25N3O4S. The summed E-state index contributed by atoms with van der Waals surface area (Å²) in [5, 5.41) is 5.52. The molecule has 2 aromatic carbocycles. The van der Waals surface area contributed by atoms with Crippen LogP contribution >= 0.6 is 0 Å². The van der Waals surface area contributed by atoms with Crippen LogP contribution in [0.5, 0.6) is 0 Å². The number of hydrogen-bond acceptors (Lipinski definition) is 4. The van der Waals surface area contributed by atoms with Gasteiger partial charge in [0.25, 0.3) is 11.8 Å². The fourth-order valence-corrected chi connectivity index (χ4v) is 3.42. The summed E-state index contributed by atoms with van der Waals surface area (Å²) in [6.07, 6.45) is 1.83. The normalized spacial score (nSPS) is 11.3. The number of anilines is 1. The lowest BCUT2D eigenvalue weighted by Gasteiger charge is -2.13. The second kappa shape index (κ2) is 9.48. The van der Waals surface area contributed by atoms with Gasteiger partial charge in [-0.05, 0) is 36.8 Å². The van der Waals surface area contributed by atoms with Crippen LogP contribution in [0.25, 0.3) is 0 Å². The lowest BCUT2D eigenvalue weighted by molar-refractivity contribution is 0.0954. The van der Waals surface area contributed by atoms with Gasteiger partial charge >= 0.3 is 0 Å². The van der Waals surface area contributed by atoms with E-state index in [0.717, 1.165) is 17.1 Å². The van der Waals surface area contributed by atoms with Crippen molar-refractivity contribution in [2.24, 2.45) is 0 Å². The van der Waals surface area contributed by atoms with E-state index in [1.165, 1.54) is 38.4 Å². The maximum Gasteiger partial charge on any atom is 0.255 e. The Kier molecular flexibility index (Phi) is 7.31. The van der Waals surface area contributed by atoms with Gasteiger partial charge in [0.05, 0.1) is 16.1 Å². The highest BCUT2D eigenvalue weighted by Crippen LogP contribution is 2.19. The number of hydrogen-bond donors (Lipinski definition) is 2. The third kappa shape index (κ3) is 5.17. The molecule has 7 nitrogen and oxygen atoms in total. The molecule has 0 spiro atoms. The van der Waals surface area contributed by atoms with Crippen LogP contribution < -0.4 is 10.6 Å². The highest BCUT2D eigenvalue weighted by Gasteiger charge is 2.19. The summed E-state index contributed by atoms with van der Waals surface area (Å²) in [6.45, 7) is 2.59. The fourth-order valence-electron chi connectivity index (χ4n) is 2.47. The third-order valence-corrected chi connectivity index (χ3v) is 5.92. The molecule has 0 aliphatic rings. The minimum Gasteiger partial charge on any atom is -0.352 e. The number of para-hydroxylation sites is 1. The minimum atomic E-state index is -3.65. The van der Waals surface area contributed by atoms with Crippen LogP contribution in [0.3, 0.4) is 0 Å². The van der Waals surface area contributed by atoms with Gasteiger partial charge in [0.15, 0.2) is 0 Å². The predicted molar refractivity (Wildman–Crippen MR) is 109 cm³/mol. The SMILES string of the molecule is CCCCNC(=O)c1ccccc1NC(=O)c1cccc(S(=O)(=O)N(C)C)c1. The lowest BCUT2D eigenvalue weighted by atomic mass is 10.1. The highest BCUT2D eigenvalue weighted by molar-refractivity contribution is 7.89. The Bertz CT molecular complexity index is 955. The van der Waals surface area contributed by atoms with Crippen LogP contribution in [-0.4, -0.2) is 45.2 Å². The molecule has 8 heteroatoms. The maximum absolute atomic E-state index is 12.6. The third-order valence-electron chi connectivity index (χ3n) is 4.11. The molecule has 0 bridgehead atoms. The van der Waals surface area contributed by atoms with E-state index >= 15 is 0 Å². The predicted octanol–water partition coefficient (Wildman–Crippen LogP) is 2.72. The number of nitrogens with zero attached hydrogens (tertiary/aromatic N) is 1. The van der Waals surface area contributed by atoms with E-state index in [-0.39, 0.29) is 16.4 Å². The summed E-state index contributed by atoms with van der Waals surface area (Å²) in [5.74, 6) is -0.766. The lowest BCUT2D eigenvalue weighted by Crippen LogP contribution is -2.26. The van der Waals surface area contributed by atoms with Crippen LogP contribution in [0, 0.1) is 0 Å². The van der Waals surface area contributed by atoms with Gasteiger partial charge < -0.3 is 10.6 Å². The molecule has 0 saturated heterocycles. The Morgan fingerprint density at radius 2 is 1.71 bits per heavy atom. The molecule has 2 aromatic rings. The maximum atomic E-state index is 12.6. The summed E-state index contributed by atoms with van der Waals surface area (Å²) < 4.78 is 25.6. The van der Waals surface area contributed by atoms with E-state index in [9.17, 15) is 18.0 Å². The van der Waals surface area contributed by atoms with Crippen molar-refractivity contribution in [2.45, 2.75) is 24.7 Å². The molecule has 0 aliphatic heterocycles. The molecule has 0 aliphatic carbocycles. The molecule has 0 radical (unpaired) electrons. The smallest absolute Gasteiger partial charge is 0.255 e. The van der Waals surface area contributed by atoms with Crippen molar-refractivity contribution in [3.63, 3.8) is 0 Å². The molecule has 28 heavy (non-hydrogen) atoms. The topological polar surface area (TPSA) is 95.6 Å². The monoisotopic (exact) mass is 403 g/mol. The zero-order chi connectivity index (χ0) is 20.7. The quantitative estimate of drug-likeness (QED) is 0.663. The Balaban J connectivity index is 2.24. The number of unbranched alkanes of at least 4 members (excludes halogenated alkanes) is 1. The van der Waals surface area contributed by atoms with E-state index in [1.807, 2.05) is 6.92 Å². The molecule has 2 N–H and O–H groups in total. The number of nitrogens with one attached hydrogen (secondary N) is 2. The van der Waals surface area contributed by atoms with Crippen molar-refractivity contribution in [2.75, 3.05) is 26.0 Å². The van der Waals surface area contributed by atoms with Crippen LogP contribution in [0.15, 0.2) is 53.4 Å². The van der Waals surface area contributed by atoms with E-state index in [2.05, 4.69) is 10.6 Å². The number of carbonyl (C=O) groups excluding carboxylic acids is 2. The summed E-state index contributed by atoms with van der Waals surface area (Å²) in [4.78, 5) is 25.0. The molecular weight excluding hydrogens is 378 g/mol. The van der Waals surface area contributed by atoms with Crippen LogP contribution in [0.2, 0.25) is 0 Å². The van der Waals surface area contributed by atoms with Crippen molar-refractivity contribution >= 4 is 27.5 Å². The van der Waals surface area contributed by atoms with Crippen molar-refractivity contribution in [1.29, 1.82) is 0 Å². The van der Waals surface area contributed by atoms with Gasteiger partial charge in [-0.15, -0.1) is 0 Å². The summed E-state index contributed by atoms with van der Waals surface area (Å²) in [6, 6.07) is 12.5. The first-order valence-corrected chi connectivity index (χ1v) is 10.4. The van der Waals surface area contributed by atoms with E-state index in [0.29, 0.717) is 17.8 Å². The van der Waals surface area contributed by atoms with E-state index < -0.39 is 15.9 Å². The fraction of sp³-hybridized carbons (Fsp3) is 0.300. The van der Waals surface area contributed by atoms with Gasteiger partial charge in [-0.2, -0.15) is 0 Å². The molecule has 0 heterocycles. The second-order valence-electron chi connectivity index (χ2n) is 6.42. The van der Waals surface area contributed by atoms with Crippen molar-refractivity contribution in [1.82, 2.24) is 9.62 Å². The minimum absolute atomic E-state index is 0.0238. The molecule has 0 unspecified atom stereocenters. The summed E-state index contributed by atoms with van der Waals surface area (Å²) >= 11 is 0. The van der Waals surface area contributed by atoms with Crippen LogP contribution in [0.1, 0.15) is 40.5 Å². The van der Waals surface area contributed by atoms with E-state index in [1.54, 1.807) is 24.3 Å².